The molecule has 0 saturated heterocycles. The summed E-state index contributed by atoms with van der Waals surface area (Å²) >= 11 is 0. The molecule has 0 saturated carbocycles. The summed E-state index contributed by atoms with van der Waals surface area (Å²) in [5.41, 5.74) is 7.53. The van der Waals surface area contributed by atoms with Crippen molar-refractivity contribution < 1.29 is 13.2 Å². The molecule has 0 aliphatic carbocycles. The maximum absolute atomic E-state index is 11.8. The molecule has 0 spiro atoms. The maximum Gasteiger partial charge on any atom is 0.239 e. The predicted octanol–water partition coefficient (Wildman–Crippen LogP) is 1.73. The highest BCUT2D eigenvalue weighted by molar-refractivity contribution is 7.92. The number of nitrogens with two attached hydrogens (primary N) is 1. The van der Waals surface area contributed by atoms with Gasteiger partial charge >= 0.3 is 0 Å². The quantitative estimate of drug-likeness (QED) is 0.806. The molecule has 1 amide bonds. The van der Waals surface area contributed by atoms with E-state index in [-0.39, 0.29) is 0 Å². The van der Waals surface area contributed by atoms with Gasteiger partial charge in [-0.05, 0) is 38.0 Å². The minimum atomic E-state index is -3.40. The van der Waals surface area contributed by atoms with Gasteiger partial charge in [-0.1, -0.05) is 13.0 Å². The largest absolute Gasteiger partial charge is 0.399 e. The average Bonchev–Trinajstić information content (AvgIpc) is 2.32. The summed E-state index contributed by atoms with van der Waals surface area (Å²) in [5.74, 6) is -1.04. The molecule has 1 rings (SSSR count). The predicted molar refractivity (Wildman–Crippen MR) is 77.8 cm³/mol. The Morgan fingerprint density at radius 3 is 2.63 bits per heavy atom. The molecule has 1 aromatic carbocycles. The molecule has 0 fully saturated rings. The number of rotatable bonds is 5. The lowest BCUT2D eigenvalue weighted by molar-refractivity contribution is -0.113. The van der Waals surface area contributed by atoms with Gasteiger partial charge in [0.05, 0.1) is 5.25 Å². The lowest BCUT2D eigenvalue weighted by Gasteiger charge is -2.12. The van der Waals surface area contributed by atoms with E-state index in [0.29, 0.717) is 17.8 Å². The van der Waals surface area contributed by atoms with Gasteiger partial charge in [0.2, 0.25) is 5.91 Å². The Bertz CT molecular complexity index is 567. The highest BCUT2D eigenvalue weighted by Gasteiger charge is 2.23. The molecule has 1 aromatic rings. The fourth-order valence-corrected chi connectivity index (χ4v) is 2.77. The van der Waals surface area contributed by atoms with Gasteiger partial charge < -0.3 is 11.1 Å². The van der Waals surface area contributed by atoms with Gasteiger partial charge in [0.25, 0.3) is 0 Å². The number of carbonyl (C=O) groups excluding carboxylic acids is 1. The number of nitrogens with one attached hydrogen (secondary N) is 1. The van der Waals surface area contributed by atoms with Crippen LogP contribution in [0, 0.1) is 6.92 Å². The van der Waals surface area contributed by atoms with E-state index in [1.807, 2.05) is 6.92 Å². The standard InChI is InChI=1S/C13H20N2O3S/c1-4-10(3)19(17,18)8-13(16)15-12-7-11(14)6-5-9(12)2/h5-7,10H,4,8,14H2,1-3H3,(H,15,16). The Morgan fingerprint density at radius 2 is 2.05 bits per heavy atom. The van der Waals surface area contributed by atoms with Gasteiger partial charge in [0.15, 0.2) is 9.84 Å². The molecule has 3 N–H and O–H groups in total. The summed E-state index contributed by atoms with van der Waals surface area (Å²) in [6, 6.07) is 5.11. The second kappa shape index (κ2) is 6.06. The highest BCUT2D eigenvalue weighted by Crippen LogP contribution is 2.18. The molecule has 0 radical (unpaired) electrons. The number of aryl methyl sites for hydroxylation is 1. The number of nitrogen functional groups attached to an aromatic ring is 1. The Labute approximate surface area is 114 Å². The third-order valence-corrected chi connectivity index (χ3v) is 5.28. The molecule has 1 atom stereocenters. The molecule has 0 heterocycles. The fourth-order valence-electron chi connectivity index (χ4n) is 1.54. The van der Waals surface area contributed by atoms with Crippen molar-refractivity contribution in [3.05, 3.63) is 23.8 Å². The normalized spacial score (nSPS) is 13.0. The van der Waals surface area contributed by atoms with Crippen LogP contribution in [0.25, 0.3) is 0 Å². The average molecular weight is 284 g/mol. The van der Waals surface area contributed by atoms with Crippen molar-refractivity contribution in [2.24, 2.45) is 0 Å². The van der Waals surface area contributed by atoms with E-state index in [0.717, 1.165) is 5.56 Å². The molecule has 106 valence electrons. The topological polar surface area (TPSA) is 89.3 Å². The Kier molecular flexibility index (Phi) is 4.94. The van der Waals surface area contributed by atoms with E-state index in [4.69, 9.17) is 5.73 Å². The lowest BCUT2D eigenvalue weighted by Crippen LogP contribution is -2.29. The first-order chi connectivity index (χ1) is 8.76. The number of carbonyl (C=O) groups is 1. The lowest BCUT2D eigenvalue weighted by atomic mass is 10.2. The van der Waals surface area contributed by atoms with E-state index in [1.165, 1.54) is 0 Å². The number of anilines is 2. The summed E-state index contributed by atoms with van der Waals surface area (Å²) in [7, 11) is -3.40. The summed E-state index contributed by atoms with van der Waals surface area (Å²) in [4.78, 5) is 11.8. The molecule has 0 aliphatic rings. The third kappa shape index (κ3) is 4.24. The Morgan fingerprint density at radius 1 is 1.42 bits per heavy atom. The van der Waals surface area contributed by atoms with Crippen LogP contribution in [0.2, 0.25) is 0 Å². The maximum atomic E-state index is 11.8. The van der Waals surface area contributed by atoms with E-state index in [9.17, 15) is 13.2 Å². The summed E-state index contributed by atoms with van der Waals surface area (Å²) in [6.45, 7) is 5.20. The highest BCUT2D eigenvalue weighted by atomic mass is 32.2. The molecule has 6 heteroatoms. The zero-order chi connectivity index (χ0) is 14.6. The van der Waals surface area contributed by atoms with Crippen LogP contribution in [0.5, 0.6) is 0 Å². The van der Waals surface area contributed by atoms with Crippen LogP contribution in [-0.2, 0) is 14.6 Å². The van der Waals surface area contributed by atoms with Crippen LogP contribution >= 0.6 is 0 Å². The van der Waals surface area contributed by atoms with E-state index >= 15 is 0 Å². The number of hydrogen-bond acceptors (Lipinski definition) is 4. The molecular weight excluding hydrogens is 264 g/mol. The fraction of sp³-hybridized carbons (Fsp3) is 0.462. The van der Waals surface area contributed by atoms with Gasteiger partial charge in [0, 0.05) is 11.4 Å². The minimum Gasteiger partial charge on any atom is -0.399 e. The van der Waals surface area contributed by atoms with Crippen LogP contribution in [0.4, 0.5) is 11.4 Å². The molecular formula is C13H20N2O3S. The molecule has 19 heavy (non-hydrogen) atoms. The van der Waals surface area contributed by atoms with Gasteiger partial charge in [-0.3, -0.25) is 4.79 Å². The first-order valence-electron chi connectivity index (χ1n) is 6.13. The van der Waals surface area contributed by atoms with Gasteiger partial charge in [-0.25, -0.2) is 8.42 Å². The molecule has 0 aliphatic heterocycles. The van der Waals surface area contributed by atoms with Crippen molar-refractivity contribution in [2.75, 3.05) is 16.8 Å². The van der Waals surface area contributed by atoms with Crippen LogP contribution in [-0.4, -0.2) is 25.3 Å². The number of amides is 1. The Hall–Kier alpha value is -1.56. The molecule has 0 bridgehead atoms. The van der Waals surface area contributed by atoms with Crippen molar-refractivity contribution in [1.82, 2.24) is 0 Å². The van der Waals surface area contributed by atoms with E-state index in [2.05, 4.69) is 5.32 Å². The second-order valence-electron chi connectivity index (χ2n) is 4.65. The number of benzene rings is 1. The Balaban J connectivity index is 2.79. The van der Waals surface area contributed by atoms with Gasteiger partial charge in [0.1, 0.15) is 5.75 Å². The molecule has 1 unspecified atom stereocenters. The summed E-state index contributed by atoms with van der Waals surface area (Å²) in [5, 5.41) is 2.07. The SMILES string of the molecule is CCC(C)S(=O)(=O)CC(=O)Nc1cc(N)ccc1C. The van der Waals surface area contributed by atoms with E-state index < -0.39 is 26.7 Å². The van der Waals surface area contributed by atoms with Gasteiger partial charge in [-0.15, -0.1) is 0 Å². The molecule has 0 aromatic heterocycles. The molecule has 5 nitrogen and oxygen atoms in total. The van der Waals surface area contributed by atoms with Crippen molar-refractivity contribution in [2.45, 2.75) is 32.4 Å². The van der Waals surface area contributed by atoms with Gasteiger partial charge in [-0.2, -0.15) is 0 Å². The number of hydrogen-bond donors (Lipinski definition) is 2. The van der Waals surface area contributed by atoms with Crippen LogP contribution in [0.1, 0.15) is 25.8 Å². The van der Waals surface area contributed by atoms with Crippen molar-refractivity contribution in [3.8, 4) is 0 Å². The third-order valence-electron chi connectivity index (χ3n) is 3.06. The van der Waals surface area contributed by atoms with Crippen molar-refractivity contribution in [1.29, 1.82) is 0 Å². The second-order valence-corrected chi connectivity index (χ2v) is 7.07. The van der Waals surface area contributed by atoms with E-state index in [1.54, 1.807) is 32.0 Å². The van der Waals surface area contributed by atoms with Crippen LogP contribution in [0.3, 0.4) is 0 Å². The zero-order valence-electron chi connectivity index (χ0n) is 11.4. The first-order valence-corrected chi connectivity index (χ1v) is 7.85. The minimum absolute atomic E-state index is 0.493. The smallest absolute Gasteiger partial charge is 0.239 e. The van der Waals surface area contributed by atoms with Crippen molar-refractivity contribution >= 4 is 27.1 Å². The van der Waals surface area contributed by atoms with Crippen molar-refractivity contribution in [3.63, 3.8) is 0 Å². The monoisotopic (exact) mass is 284 g/mol. The van der Waals surface area contributed by atoms with Crippen LogP contribution < -0.4 is 11.1 Å². The summed E-state index contributed by atoms with van der Waals surface area (Å²) in [6.07, 6.45) is 0.493. The van der Waals surface area contributed by atoms with Crippen LogP contribution in [0.15, 0.2) is 18.2 Å². The summed E-state index contributed by atoms with van der Waals surface area (Å²) < 4.78 is 23.7. The zero-order valence-corrected chi connectivity index (χ0v) is 12.3. The first kappa shape index (κ1) is 15.5. The number of sulfone groups is 1.